The van der Waals surface area contributed by atoms with E-state index in [9.17, 15) is 23.1 Å². The molecule has 2 aromatic rings. The standard InChI is InChI=1S/C10H6F3NO2/c11-10(12,13)6-4-14-9(16)8-5(6)2-1-3-7(8)15/h1-4,15H,(H,14,16). The van der Waals surface area contributed by atoms with E-state index in [2.05, 4.69) is 0 Å². The number of nitrogens with one attached hydrogen (secondary N) is 1. The lowest BCUT2D eigenvalue weighted by Gasteiger charge is -2.09. The van der Waals surface area contributed by atoms with Gasteiger partial charge in [0.05, 0.1) is 10.9 Å². The lowest BCUT2D eigenvalue weighted by atomic mass is 10.1. The van der Waals surface area contributed by atoms with Crippen LogP contribution in [0.5, 0.6) is 5.75 Å². The first-order valence-corrected chi connectivity index (χ1v) is 4.32. The quantitative estimate of drug-likeness (QED) is 0.727. The Labute approximate surface area is 87.2 Å². The zero-order chi connectivity index (χ0) is 11.9. The molecule has 0 saturated heterocycles. The second kappa shape index (κ2) is 3.26. The van der Waals surface area contributed by atoms with Gasteiger partial charge in [-0.05, 0) is 6.07 Å². The van der Waals surface area contributed by atoms with E-state index in [4.69, 9.17) is 0 Å². The van der Waals surface area contributed by atoms with Crippen LogP contribution in [0.2, 0.25) is 0 Å². The zero-order valence-corrected chi connectivity index (χ0v) is 7.80. The number of phenols is 1. The molecule has 1 aromatic carbocycles. The Kier molecular flexibility index (Phi) is 2.15. The van der Waals surface area contributed by atoms with Crippen LogP contribution in [-0.4, -0.2) is 10.1 Å². The monoisotopic (exact) mass is 229 g/mol. The van der Waals surface area contributed by atoms with E-state index < -0.39 is 23.0 Å². The van der Waals surface area contributed by atoms with Gasteiger partial charge < -0.3 is 10.1 Å². The maximum absolute atomic E-state index is 12.6. The van der Waals surface area contributed by atoms with Crippen molar-refractivity contribution < 1.29 is 18.3 Å². The van der Waals surface area contributed by atoms with Gasteiger partial charge in [-0.1, -0.05) is 12.1 Å². The number of rotatable bonds is 0. The van der Waals surface area contributed by atoms with Crippen molar-refractivity contribution in [2.75, 3.05) is 0 Å². The third-order valence-electron chi connectivity index (χ3n) is 2.21. The molecule has 2 N–H and O–H groups in total. The summed E-state index contributed by atoms with van der Waals surface area (Å²) in [5.74, 6) is -0.468. The van der Waals surface area contributed by atoms with Crippen LogP contribution < -0.4 is 5.56 Å². The molecule has 0 aliphatic rings. The molecule has 0 saturated carbocycles. The van der Waals surface area contributed by atoms with Crippen LogP contribution in [0.1, 0.15) is 5.56 Å². The van der Waals surface area contributed by atoms with Gasteiger partial charge in [-0.25, -0.2) is 0 Å². The number of hydrogen-bond donors (Lipinski definition) is 2. The Morgan fingerprint density at radius 3 is 2.56 bits per heavy atom. The Hall–Kier alpha value is -1.98. The van der Waals surface area contributed by atoms with E-state index in [1.54, 1.807) is 0 Å². The van der Waals surface area contributed by atoms with Gasteiger partial charge >= 0.3 is 6.18 Å². The largest absolute Gasteiger partial charge is 0.507 e. The third kappa shape index (κ3) is 1.52. The van der Waals surface area contributed by atoms with Crippen LogP contribution in [-0.2, 0) is 6.18 Å². The van der Waals surface area contributed by atoms with E-state index in [0.717, 1.165) is 12.1 Å². The van der Waals surface area contributed by atoms with Gasteiger partial charge in [0, 0.05) is 11.6 Å². The van der Waals surface area contributed by atoms with Gasteiger partial charge in [-0.15, -0.1) is 0 Å². The SMILES string of the molecule is O=c1[nH]cc(C(F)(F)F)c2cccc(O)c12. The first-order chi connectivity index (χ1) is 7.41. The number of aromatic amines is 1. The highest BCUT2D eigenvalue weighted by Crippen LogP contribution is 2.34. The van der Waals surface area contributed by atoms with E-state index in [1.165, 1.54) is 6.07 Å². The van der Waals surface area contributed by atoms with E-state index >= 15 is 0 Å². The second-order valence-corrected chi connectivity index (χ2v) is 3.23. The van der Waals surface area contributed by atoms with Crippen LogP contribution in [0.25, 0.3) is 10.8 Å². The molecular weight excluding hydrogens is 223 g/mol. The number of fused-ring (bicyclic) bond motifs is 1. The van der Waals surface area contributed by atoms with Crippen LogP contribution in [0.3, 0.4) is 0 Å². The van der Waals surface area contributed by atoms with Crippen LogP contribution >= 0.6 is 0 Å². The summed E-state index contributed by atoms with van der Waals surface area (Å²) >= 11 is 0. The summed E-state index contributed by atoms with van der Waals surface area (Å²) in [4.78, 5) is 13.3. The Morgan fingerprint density at radius 2 is 1.94 bits per heavy atom. The fraction of sp³-hybridized carbons (Fsp3) is 0.100. The summed E-state index contributed by atoms with van der Waals surface area (Å²) < 4.78 is 37.7. The molecule has 0 unspecified atom stereocenters. The van der Waals surface area contributed by atoms with Crippen LogP contribution in [0.15, 0.2) is 29.2 Å². The highest BCUT2D eigenvalue weighted by atomic mass is 19.4. The molecule has 1 aromatic heterocycles. The minimum atomic E-state index is -4.57. The summed E-state index contributed by atoms with van der Waals surface area (Å²) in [5, 5.41) is 8.70. The highest BCUT2D eigenvalue weighted by molar-refractivity contribution is 5.89. The van der Waals surface area contributed by atoms with Crippen LogP contribution in [0.4, 0.5) is 13.2 Å². The first kappa shape index (κ1) is 10.5. The van der Waals surface area contributed by atoms with Crippen molar-refractivity contribution in [3.8, 4) is 5.75 Å². The maximum atomic E-state index is 12.6. The summed E-state index contributed by atoms with van der Waals surface area (Å²) in [5.41, 5.74) is -1.72. The maximum Gasteiger partial charge on any atom is 0.418 e. The first-order valence-electron chi connectivity index (χ1n) is 4.32. The molecule has 16 heavy (non-hydrogen) atoms. The summed E-state index contributed by atoms with van der Waals surface area (Å²) in [6, 6.07) is 3.57. The van der Waals surface area contributed by atoms with Gasteiger partial charge in [-0.2, -0.15) is 13.2 Å². The lowest BCUT2D eigenvalue weighted by Crippen LogP contribution is -2.13. The van der Waals surface area contributed by atoms with E-state index in [-0.39, 0.29) is 10.8 Å². The van der Waals surface area contributed by atoms with Gasteiger partial charge in [0.15, 0.2) is 0 Å². The number of pyridine rings is 1. The molecule has 0 amide bonds. The number of aromatic hydroxyl groups is 1. The minimum Gasteiger partial charge on any atom is -0.507 e. The average molecular weight is 229 g/mol. The number of hydrogen-bond acceptors (Lipinski definition) is 2. The summed E-state index contributed by atoms with van der Waals surface area (Å²) in [6.45, 7) is 0. The van der Waals surface area contributed by atoms with Crippen molar-refractivity contribution in [1.29, 1.82) is 0 Å². The summed E-state index contributed by atoms with van der Waals surface area (Å²) in [7, 11) is 0. The van der Waals surface area contributed by atoms with Crippen molar-refractivity contribution in [3.05, 3.63) is 40.3 Å². The molecule has 0 spiro atoms. The topological polar surface area (TPSA) is 53.1 Å². The number of benzene rings is 1. The Balaban J connectivity index is 2.96. The van der Waals surface area contributed by atoms with Crippen molar-refractivity contribution in [1.82, 2.24) is 4.98 Å². The Bertz CT molecular complexity index is 601. The number of aromatic nitrogens is 1. The zero-order valence-electron chi connectivity index (χ0n) is 7.80. The molecule has 0 radical (unpaired) electrons. The summed E-state index contributed by atoms with van der Waals surface area (Å²) in [6.07, 6.45) is -3.97. The molecule has 1 heterocycles. The van der Waals surface area contributed by atoms with Crippen molar-refractivity contribution in [2.45, 2.75) is 6.18 Å². The van der Waals surface area contributed by atoms with Crippen LogP contribution in [0, 0.1) is 0 Å². The molecule has 3 nitrogen and oxygen atoms in total. The molecule has 0 atom stereocenters. The number of alkyl halides is 3. The van der Waals surface area contributed by atoms with Gasteiger partial charge in [0.1, 0.15) is 5.75 Å². The molecule has 0 aliphatic carbocycles. The van der Waals surface area contributed by atoms with Crippen molar-refractivity contribution in [2.24, 2.45) is 0 Å². The smallest absolute Gasteiger partial charge is 0.418 e. The molecule has 0 bridgehead atoms. The van der Waals surface area contributed by atoms with Gasteiger partial charge in [0.2, 0.25) is 0 Å². The fourth-order valence-corrected chi connectivity index (χ4v) is 1.53. The third-order valence-corrected chi connectivity index (χ3v) is 2.21. The van der Waals surface area contributed by atoms with E-state index in [0.29, 0.717) is 6.20 Å². The Morgan fingerprint density at radius 1 is 1.25 bits per heavy atom. The van der Waals surface area contributed by atoms with Crippen molar-refractivity contribution >= 4 is 10.8 Å². The lowest BCUT2D eigenvalue weighted by molar-refractivity contribution is -0.136. The second-order valence-electron chi connectivity index (χ2n) is 3.23. The minimum absolute atomic E-state index is 0.309. The molecule has 84 valence electrons. The predicted molar refractivity (Wildman–Crippen MR) is 51.2 cm³/mol. The van der Waals surface area contributed by atoms with Gasteiger partial charge in [0.25, 0.3) is 5.56 Å². The van der Waals surface area contributed by atoms with E-state index in [1.807, 2.05) is 4.98 Å². The average Bonchev–Trinajstić information content (AvgIpc) is 2.16. The molecular formula is C10H6F3NO2. The van der Waals surface area contributed by atoms with Gasteiger partial charge in [-0.3, -0.25) is 4.79 Å². The molecule has 2 rings (SSSR count). The van der Waals surface area contributed by atoms with Crippen molar-refractivity contribution in [3.63, 3.8) is 0 Å². The highest BCUT2D eigenvalue weighted by Gasteiger charge is 2.33. The number of halogens is 3. The predicted octanol–water partition coefficient (Wildman–Crippen LogP) is 2.25. The number of phenolic OH excluding ortho intramolecular Hbond substituents is 1. The number of H-pyrrole nitrogens is 1. The molecule has 0 fully saturated rings. The fourth-order valence-electron chi connectivity index (χ4n) is 1.53. The normalized spacial score (nSPS) is 11.9. The molecule has 6 heteroatoms. The molecule has 0 aliphatic heterocycles.